The lowest BCUT2D eigenvalue weighted by atomic mass is 9.48. The summed E-state index contributed by atoms with van der Waals surface area (Å²) in [6.45, 7) is 7.58. The molecule has 198 valence electrons. The van der Waals surface area contributed by atoms with Gasteiger partial charge in [-0.2, -0.15) is 13.2 Å². The van der Waals surface area contributed by atoms with E-state index in [4.69, 9.17) is 9.47 Å². The molecule has 0 bridgehead atoms. The summed E-state index contributed by atoms with van der Waals surface area (Å²) >= 11 is 0. The van der Waals surface area contributed by atoms with Gasteiger partial charge in [0, 0.05) is 31.8 Å². The van der Waals surface area contributed by atoms with Crippen molar-refractivity contribution < 1.29 is 41.8 Å². The third-order valence-corrected chi connectivity index (χ3v) is 8.91. The largest absolute Gasteiger partial charge is 0.462 e. The van der Waals surface area contributed by atoms with Gasteiger partial charge in [-0.05, 0) is 73.3 Å². The molecule has 4 rings (SSSR count). The standard InChI is InChI=1S/C27H33F3O6/c1-14(31)34-22-12-17-6-7-18-20-8-9-23(35-15(2)32)25(20,4)11-10-21(18)26(17,5)13-19(22)24(27(28,29)30)36-16(3)33/h6,12,18,20-21,23H,7-11,13H2,1-5H3/b24-19+/t18-,20-,21-,23+,25-,26-/m0/s1. The highest BCUT2D eigenvalue weighted by atomic mass is 19.4. The maximum Gasteiger partial charge on any atom is 0.450 e. The van der Waals surface area contributed by atoms with Crippen molar-refractivity contribution in [1.82, 2.24) is 0 Å². The normalized spacial score (nSPS) is 36.9. The van der Waals surface area contributed by atoms with Gasteiger partial charge < -0.3 is 14.2 Å². The van der Waals surface area contributed by atoms with E-state index >= 15 is 0 Å². The van der Waals surface area contributed by atoms with E-state index in [1.807, 2.05) is 13.0 Å². The van der Waals surface area contributed by atoms with Gasteiger partial charge in [0.2, 0.25) is 5.76 Å². The van der Waals surface area contributed by atoms with E-state index in [1.165, 1.54) is 13.0 Å². The summed E-state index contributed by atoms with van der Waals surface area (Å²) in [5.74, 6) is -3.24. The molecule has 0 unspecified atom stereocenters. The predicted octanol–water partition coefficient (Wildman–Crippen LogP) is 5.93. The monoisotopic (exact) mass is 510 g/mol. The molecule has 0 aromatic rings. The fourth-order valence-corrected chi connectivity index (χ4v) is 7.48. The summed E-state index contributed by atoms with van der Waals surface area (Å²) in [4.78, 5) is 35.1. The maximum atomic E-state index is 14.1. The summed E-state index contributed by atoms with van der Waals surface area (Å²) in [5, 5.41) is 0. The average molecular weight is 511 g/mol. The molecule has 9 heteroatoms. The van der Waals surface area contributed by atoms with E-state index in [1.54, 1.807) is 0 Å². The van der Waals surface area contributed by atoms with Gasteiger partial charge in [-0.1, -0.05) is 19.9 Å². The highest BCUT2D eigenvalue weighted by Crippen LogP contribution is 2.65. The number of alkyl halides is 3. The van der Waals surface area contributed by atoms with Gasteiger partial charge in [0.1, 0.15) is 11.9 Å². The molecule has 0 spiro atoms. The topological polar surface area (TPSA) is 78.9 Å². The van der Waals surface area contributed by atoms with Gasteiger partial charge in [0.25, 0.3) is 0 Å². The summed E-state index contributed by atoms with van der Waals surface area (Å²) in [6, 6.07) is 0. The zero-order valence-electron chi connectivity index (χ0n) is 21.3. The van der Waals surface area contributed by atoms with Crippen molar-refractivity contribution in [2.45, 2.75) is 85.4 Å². The van der Waals surface area contributed by atoms with Crippen molar-refractivity contribution in [3.63, 3.8) is 0 Å². The van der Waals surface area contributed by atoms with Crippen molar-refractivity contribution in [2.75, 3.05) is 0 Å². The first-order valence-corrected chi connectivity index (χ1v) is 12.4. The van der Waals surface area contributed by atoms with Gasteiger partial charge in [0.05, 0.1) is 0 Å². The quantitative estimate of drug-likeness (QED) is 0.266. The van der Waals surface area contributed by atoms with Crippen molar-refractivity contribution in [3.8, 4) is 0 Å². The van der Waals surface area contributed by atoms with Gasteiger partial charge in [-0.15, -0.1) is 0 Å². The minimum atomic E-state index is -4.94. The molecule has 0 aromatic heterocycles. The molecule has 0 radical (unpaired) electrons. The van der Waals surface area contributed by atoms with Crippen LogP contribution >= 0.6 is 0 Å². The van der Waals surface area contributed by atoms with Crippen LogP contribution in [0.25, 0.3) is 0 Å². The van der Waals surface area contributed by atoms with Gasteiger partial charge in [0.15, 0.2) is 0 Å². The third-order valence-electron chi connectivity index (χ3n) is 8.91. The first-order valence-electron chi connectivity index (χ1n) is 12.4. The highest BCUT2D eigenvalue weighted by molar-refractivity contribution is 5.70. The predicted molar refractivity (Wildman–Crippen MR) is 123 cm³/mol. The Labute approximate surface area is 208 Å². The maximum absolute atomic E-state index is 14.1. The van der Waals surface area contributed by atoms with E-state index in [0.717, 1.165) is 51.5 Å². The Kier molecular flexibility index (Phi) is 6.67. The summed E-state index contributed by atoms with van der Waals surface area (Å²) in [7, 11) is 0. The number of carbonyl (C=O) groups is 3. The first-order chi connectivity index (χ1) is 16.7. The zero-order valence-corrected chi connectivity index (χ0v) is 21.3. The second-order valence-corrected chi connectivity index (χ2v) is 11.1. The second-order valence-electron chi connectivity index (χ2n) is 11.1. The molecule has 0 heterocycles. The van der Waals surface area contributed by atoms with E-state index in [2.05, 4.69) is 11.7 Å². The number of hydrogen-bond donors (Lipinski definition) is 0. The number of hydrogen-bond acceptors (Lipinski definition) is 6. The Hall–Kier alpha value is -2.58. The molecule has 0 amide bonds. The van der Waals surface area contributed by atoms with Crippen molar-refractivity contribution in [1.29, 1.82) is 0 Å². The molecule has 0 N–H and O–H groups in total. The third kappa shape index (κ3) is 4.50. The molecule has 2 fully saturated rings. The second kappa shape index (κ2) is 9.06. The number of halogens is 3. The van der Waals surface area contributed by atoms with Crippen LogP contribution < -0.4 is 0 Å². The summed E-state index contributed by atoms with van der Waals surface area (Å²) in [5.41, 5.74) is -0.313. The number of ether oxygens (including phenoxy) is 3. The van der Waals surface area contributed by atoms with Crippen LogP contribution in [0.15, 0.2) is 34.8 Å². The molecule has 0 aromatic carbocycles. The number of allylic oxidation sites excluding steroid dienone is 5. The molecule has 6 nitrogen and oxygen atoms in total. The molecular formula is C27H33F3O6. The smallest absolute Gasteiger partial charge is 0.450 e. The van der Waals surface area contributed by atoms with Gasteiger partial charge in [-0.25, -0.2) is 0 Å². The van der Waals surface area contributed by atoms with Gasteiger partial charge >= 0.3 is 24.1 Å². The number of esters is 3. The molecule has 0 saturated heterocycles. The van der Waals surface area contributed by atoms with Crippen molar-refractivity contribution in [2.24, 2.45) is 28.6 Å². The van der Waals surface area contributed by atoms with E-state index in [0.29, 0.717) is 0 Å². The Balaban J connectivity index is 1.78. The lowest BCUT2D eigenvalue weighted by Crippen LogP contribution is -2.51. The van der Waals surface area contributed by atoms with E-state index in [9.17, 15) is 27.6 Å². The Morgan fingerprint density at radius 1 is 0.972 bits per heavy atom. The van der Waals surface area contributed by atoms with Crippen molar-refractivity contribution in [3.05, 3.63) is 34.8 Å². The van der Waals surface area contributed by atoms with Crippen LogP contribution in [0.5, 0.6) is 0 Å². The lowest BCUT2D eigenvalue weighted by molar-refractivity contribution is -0.159. The van der Waals surface area contributed by atoms with Crippen LogP contribution in [-0.4, -0.2) is 30.2 Å². The van der Waals surface area contributed by atoms with Crippen LogP contribution in [0.4, 0.5) is 13.2 Å². The molecule has 6 atom stereocenters. The number of carbonyl (C=O) groups excluding carboxylic acids is 3. The molecule has 0 aliphatic heterocycles. The highest BCUT2D eigenvalue weighted by Gasteiger charge is 2.60. The SMILES string of the molecule is CC(=O)OC1=CC2=CC[C@H]3[C@@H]4CC[C@@H](OC(C)=O)[C@@]4(C)CC[C@@H]3[C@@]2(C)C/C1=C(\OC(C)=O)C(F)(F)F. The van der Waals surface area contributed by atoms with Crippen LogP contribution in [0.2, 0.25) is 0 Å². The van der Waals surface area contributed by atoms with Crippen LogP contribution in [-0.2, 0) is 28.6 Å². The molecular weight excluding hydrogens is 477 g/mol. The lowest BCUT2D eigenvalue weighted by Gasteiger charge is -2.56. The summed E-state index contributed by atoms with van der Waals surface area (Å²) < 4.78 is 57.8. The number of rotatable bonds is 3. The van der Waals surface area contributed by atoms with E-state index in [-0.39, 0.29) is 53.0 Å². The molecule has 2 saturated carbocycles. The zero-order chi connectivity index (χ0) is 26.6. The molecule has 4 aliphatic rings. The Bertz CT molecular complexity index is 1070. The van der Waals surface area contributed by atoms with Crippen LogP contribution in [0.3, 0.4) is 0 Å². The van der Waals surface area contributed by atoms with Crippen LogP contribution in [0.1, 0.15) is 73.1 Å². The fourth-order valence-electron chi connectivity index (χ4n) is 7.48. The molecule has 36 heavy (non-hydrogen) atoms. The minimum absolute atomic E-state index is 0.0714. The van der Waals surface area contributed by atoms with Crippen molar-refractivity contribution >= 4 is 17.9 Å². The Morgan fingerprint density at radius 3 is 2.25 bits per heavy atom. The minimum Gasteiger partial charge on any atom is -0.462 e. The fraction of sp³-hybridized carbons (Fsp3) is 0.667. The van der Waals surface area contributed by atoms with E-state index < -0.39 is 29.3 Å². The first kappa shape index (κ1) is 26.5. The van der Waals surface area contributed by atoms with Gasteiger partial charge in [-0.3, -0.25) is 14.4 Å². The summed E-state index contributed by atoms with van der Waals surface area (Å²) in [6.07, 6.45) is 2.38. The Morgan fingerprint density at radius 2 is 1.67 bits per heavy atom. The van der Waals surface area contributed by atoms with Crippen LogP contribution in [0, 0.1) is 28.6 Å². The average Bonchev–Trinajstić information content (AvgIpc) is 3.06. The number of fused-ring (bicyclic) bond motifs is 5. The molecule has 4 aliphatic carbocycles.